The molecule has 44 heavy (non-hydrogen) atoms. The molecule has 3 aliphatic heterocycles. The Morgan fingerprint density at radius 2 is 1.57 bits per heavy atom. The molecule has 0 aromatic heterocycles. The quantitative estimate of drug-likeness (QED) is 0.296. The number of carbonyl (C=O) groups excluding carboxylic acids is 3. The first-order valence-corrected chi connectivity index (χ1v) is 15.7. The Morgan fingerprint density at radius 3 is 2.18 bits per heavy atom. The number of hydrogen-bond acceptors (Lipinski definition) is 7. The molecule has 0 bridgehead atoms. The molecule has 0 unspecified atom stereocenters. The van der Waals surface area contributed by atoms with E-state index in [1.165, 1.54) is 88.3 Å². The third-order valence-corrected chi connectivity index (χ3v) is 8.80. The van der Waals surface area contributed by atoms with Crippen molar-refractivity contribution in [3.8, 4) is 0 Å². The van der Waals surface area contributed by atoms with Gasteiger partial charge in [0.25, 0.3) is 5.91 Å². The minimum atomic E-state index is -0.638. The Bertz CT molecular complexity index is 1280. The lowest BCUT2D eigenvalue weighted by Crippen LogP contribution is -2.48. The maximum atomic E-state index is 14.3. The van der Waals surface area contributed by atoms with Crippen molar-refractivity contribution in [1.82, 2.24) is 24.9 Å². The molecular formula is C33H46FN7O3. The van der Waals surface area contributed by atoms with E-state index in [-0.39, 0.29) is 23.3 Å². The van der Waals surface area contributed by atoms with E-state index in [2.05, 4.69) is 22.0 Å². The molecule has 2 aromatic rings. The van der Waals surface area contributed by atoms with E-state index in [9.17, 15) is 18.8 Å². The maximum absolute atomic E-state index is 14.3. The normalized spacial score (nSPS) is 18.3. The number of piperidine rings is 1. The third-order valence-electron chi connectivity index (χ3n) is 8.80. The van der Waals surface area contributed by atoms with Gasteiger partial charge in [0.2, 0.25) is 12.3 Å². The zero-order chi connectivity index (χ0) is 31.5. The van der Waals surface area contributed by atoms with Crippen molar-refractivity contribution in [3.05, 3.63) is 70.5 Å². The van der Waals surface area contributed by atoms with Crippen LogP contribution in [0.1, 0.15) is 51.6 Å². The van der Waals surface area contributed by atoms with Gasteiger partial charge in [-0.15, -0.1) is 0 Å². The van der Waals surface area contributed by atoms with Crippen LogP contribution in [-0.4, -0.2) is 122 Å². The van der Waals surface area contributed by atoms with Crippen molar-refractivity contribution in [3.63, 3.8) is 0 Å². The molecule has 5 rings (SSSR count). The number of piperazine rings is 2. The number of nitrogens with zero attached hydrogens (tertiary/aromatic N) is 4. The molecule has 238 valence electrons. The molecule has 3 saturated heterocycles. The van der Waals surface area contributed by atoms with Crippen LogP contribution in [-0.2, 0) is 11.2 Å². The van der Waals surface area contributed by atoms with Crippen LogP contribution in [0.15, 0.2) is 42.5 Å². The van der Waals surface area contributed by atoms with Gasteiger partial charge in [0.15, 0.2) is 0 Å². The van der Waals surface area contributed by atoms with Crippen molar-refractivity contribution < 1.29 is 18.8 Å². The summed E-state index contributed by atoms with van der Waals surface area (Å²) in [4.78, 5) is 43.4. The molecule has 10 nitrogen and oxygen atoms in total. The zero-order valence-corrected chi connectivity index (χ0v) is 25.8. The van der Waals surface area contributed by atoms with Crippen molar-refractivity contribution in [2.24, 2.45) is 11.7 Å². The molecule has 0 saturated carbocycles. The van der Waals surface area contributed by atoms with Gasteiger partial charge in [-0.3, -0.25) is 14.4 Å². The number of rotatable bonds is 9. The number of nitrogens with two attached hydrogens (primary N) is 1. The summed E-state index contributed by atoms with van der Waals surface area (Å²) in [5, 5.41) is 11.8. The second-order valence-electron chi connectivity index (χ2n) is 11.7. The van der Waals surface area contributed by atoms with Gasteiger partial charge < -0.3 is 36.1 Å². The van der Waals surface area contributed by atoms with E-state index in [0.717, 1.165) is 12.3 Å². The second kappa shape index (κ2) is 16.4. The summed E-state index contributed by atoms with van der Waals surface area (Å²) in [6, 6.07) is 10.7. The fourth-order valence-corrected chi connectivity index (χ4v) is 6.03. The monoisotopic (exact) mass is 607 g/mol. The molecule has 11 heteroatoms. The Balaban J connectivity index is 0.000000246. The van der Waals surface area contributed by atoms with Crippen LogP contribution in [0.4, 0.5) is 4.39 Å². The summed E-state index contributed by atoms with van der Waals surface area (Å²) in [5.74, 6) is -0.756. The number of amides is 3. The van der Waals surface area contributed by atoms with Crippen molar-refractivity contribution in [2.45, 2.75) is 26.2 Å². The largest absolute Gasteiger partial charge is 0.366 e. The highest BCUT2D eigenvalue weighted by atomic mass is 19.1. The second-order valence-corrected chi connectivity index (χ2v) is 11.7. The van der Waals surface area contributed by atoms with Crippen LogP contribution in [0.3, 0.4) is 0 Å². The fourth-order valence-electron chi connectivity index (χ4n) is 6.03. The van der Waals surface area contributed by atoms with Crippen LogP contribution in [0, 0.1) is 17.1 Å². The Labute approximate surface area is 259 Å². The first-order chi connectivity index (χ1) is 21.3. The predicted molar refractivity (Wildman–Crippen MR) is 170 cm³/mol. The van der Waals surface area contributed by atoms with Gasteiger partial charge in [-0.1, -0.05) is 31.2 Å². The smallest absolute Gasteiger partial charge is 0.256 e. The molecular weight excluding hydrogens is 561 g/mol. The van der Waals surface area contributed by atoms with E-state index in [4.69, 9.17) is 11.1 Å². The van der Waals surface area contributed by atoms with Crippen molar-refractivity contribution in [2.75, 3.05) is 78.5 Å². The van der Waals surface area contributed by atoms with Gasteiger partial charge in [0, 0.05) is 82.2 Å². The number of halogens is 1. The van der Waals surface area contributed by atoms with E-state index in [1.807, 2.05) is 0 Å². The van der Waals surface area contributed by atoms with E-state index in [0.29, 0.717) is 37.3 Å². The van der Waals surface area contributed by atoms with Gasteiger partial charge >= 0.3 is 0 Å². The van der Waals surface area contributed by atoms with Gasteiger partial charge in [0.05, 0.1) is 5.56 Å². The van der Waals surface area contributed by atoms with Crippen LogP contribution in [0.5, 0.6) is 0 Å². The molecule has 0 atom stereocenters. The number of carbonyl (C=O) groups is 3. The van der Waals surface area contributed by atoms with Crippen molar-refractivity contribution >= 4 is 23.9 Å². The minimum absolute atomic E-state index is 0.0713. The molecule has 0 spiro atoms. The van der Waals surface area contributed by atoms with E-state index < -0.39 is 17.6 Å². The highest BCUT2D eigenvalue weighted by Crippen LogP contribution is 2.18. The summed E-state index contributed by atoms with van der Waals surface area (Å²) < 4.78 is 14.3. The average Bonchev–Trinajstić information content (AvgIpc) is 3.06. The minimum Gasteiger partial charge on any atom is -0.366 e. The molecule has 3 aliphatic rings. The lowest BCUT2D eigenvalue weighted by atomic mass is 9.96. The van der Waals surface area contributed by atoms with Gasteiger partial charge in [-0.25, -0.2) is 4.39 Å². The van der Waals surface area contributed by atoms with E-state index in [1.54, 1.807) is 29.2 Å². The zero-order valence-electron chi connectivity index (χ0n) is 25.8. The lowest BCUT2D eigenvalue weighted by molar-refractivity contribution is -0.119. The summed E-state index contributed by atoms with van der Waals surface area (Å²) in [6.07, 6.45) is 3.62. The topological polar surface area (TPSA) is 126 Å². The van der Waals surface area contributed by atoms with Crippen LogP contribution in [0.25, 0.3) is 0 Å². The Kier molecular flexibility index (Phi) is 12.4. The number of primary amides is 1. The Morgan fingerprint density at radius 1 is 0.932 bits per heavy atom. The third kappa shape index (κ3) is 9.17. The van der Waals surface area contributed by atoms with Crippen LogP contribution < -0.4 is 11.1 Å². The predicted octanol–water partition coefficient (Wildman–Crippen LogP) is 2.07. The fraction of sp³-hybridized carbons (Fsp3) is 0.515. The lowest BCUT2D eigenvalue weighted by Gasteiger charge is -2.36. The molecule has 4 N–H and O–H groups in total. The molecule has 0 radical (unpaired) electrons. The standard InChI is InChI=1S/C21H21FN4O3.C12H25N3/c22-18-6-5-14(12-19(23)15-3-1-2-4-16(15)20(24)28)11-17(18)21(29)26-9-7-25(13-27)8-10-26;1-2-14-7-9-15(10-8-14)11-12-3-5-13-6-4-12/h1-6,11,13,23H,7-10,12H2,(H2,24,28);12-13H,2-11H2,1H3. The van der Waals surface area contributed by atoms with Crippen LogP contribution in [0.2, 0.25) is 0 Å². The van der Waals surface area contributed by atoms with Crippen molar-refractivity contribution in [1.29, 1.82) is 5.41 Å². The summed E-state index contributed by atoms with van der Waals surface area (Å²) in [6.45, 7) is 13.9. The highest BCUT2D eigenvalue weighted by molar-refractivity contribution is 6.09. The van der Waals surface area contributed by atoms with Crippen LogP contribution >= 0.6 is 0 Å². The number of benzene rings is 2. The van der Waals surface area contributed by atoms with E-state index >= 15 is 0 Å². The first kappa shape index (κ1) is 33.2. The van der Waals surface area contributed by atoms with Gasteiger partial charge in [-0.05, 0) is 62.2 Å². The summed E-state index contributed by atoms with van der Waals surface area (Å²) in [5.41, 5.74) is 6.66. The highest BCUT2D eigenvalue weighted by Gasteiger charge is 2.24. The number of nitrogens with one attached hydrogen (secondary N) is 2. The molecule has 3 amide bonds. The van der Waals surface area contributed by atoms with Gasteiger partial charge in [0.1, 0.15) is 5.82 Å². The summed E-state index contributed by atoms with van der Waals surface area (Å²) in [7, 11) is 0. The number of likely N-dealkylation sites (N-methyl/N-ethyl adjacent to an activating group) is 1. The molecule has 3 heterocycles. The average molecular weight is 608 g/mol. The molecule has 0 aliphatic carbocycles. The number of hydrogen-bond donors (Lipinski definition) is 3. The van der Waals surface area contributed by atoms with Gasteiger partial charge in [-0.2, -0.15) is 0 Å². The SMILES string of the molecule is CCN1CCN(CC2CCNCC2)CC1.N=C(Cc1ccc(F)c(C(=O)N2CCN(C=O)CC2)c1)c1ccccc1C(N)=O. The summed E-state index contributed by atoms with van der Waals surface area (Å²) >= 11 is 0. The first-order valence-electron chi connectivity index (χ1n) is 15.7. The molecule has 2 aromatic carbocycles. The molecule has 3 fully saturated rings. The maximum Gasteiger partial charge on any atom is 0.256 e. The Hall–Kier alpha value is -3.67.